The van der Waals surface area contributed by atoms with Crippen LogP contribution in [-0.4, -0.2) is 10.3 Å². The second kappa shape index (κ2) is 4.13. The van der Waals surface area contributed by atoms with Gasteiger partial charge in [-0.2, -0.15) is 0 Å². The average molecular weight is 331 g/mol. The van der Waals surface area contributed by atoms with Gasteiger partial charge < -0.3 is 5.11 Å². The Labute approximate surface area is 99.0 Å². The summed E-state index contributed by atoms with van der Waals surface area (Å²) in [6.07, 6.45) is 0. The van der Waals surface area contributed by atoms with Gasteiger partial charge >= 0.3 is 0 Å². The normalized spacial score (nSPS) is 15.1. The average Bonchev–Trinajstić information content (AvgIpc) is 2.03. The molecule has 1 rings (SSSR count). The Morgan fingerprint density at radius 2 is 1.85 bits per heavy atom. The topological polar surface area (TPSA) is 37.3 Å². The van der Waals surface area contributed by atoms with Crippen LogP contribution in [0.1, 0.15) is 15.9 Å². The van der Waals surface area contributed by atoms with Gasteiger partial charge in [-0.3, -0.25) is 4.79 Å². The third kappa shape index (κ3) is 3.09. The fourth-order valence-electron chi connectivity index (χ4n) is 0.802. The number of rotatable bonds is 2. The zero-order valence-electron chi connectivity index (χ0n) is 6.30. The maximum atomic E-state index is 10.7. The number of hydrogen-bond acceptors (Lipinski definition) is 2. The van der Waals surface area contributed by atoms with E-state index in [-0.39, 0.29) is 0 Å². The lowest BCUT2D eigenvalue weighted by molar-refractivity contribution is 0.108. The lowest BCUT2D eigenvalue weighted by Gasteiger charge is -2.12. The van der Waals surface area contributed by atoms with Crippen molar-refractivity contribution < 1.29 is 9.90 Å². The molecule has 13 heavy (non-hydrogen) atoms. The molecular formula is C8H5Cl2IO2. The number of benzene rings is 1. The summed E-state index contributed by atoms with van der Waals surface area (Å²) in [5.41, 5.74) is 0.888. The maximum absolute atomic E-state index is 10.7. The minimum atomic E-state index is -1.44. The van der Waals surface area contributed by atoms with E-state index in [0.717, 1.165) is 0 Å². The summed E-state index contributed by atoms with van der Waals surface area (Å²) >= 11 is 12.5. The van der Waals surface area contributed by atoms with Crippen molar-refractivity contribution in [2.75, 3.05) is 0 Å². The summed E-state index contributed by atoms with van der Waals surface area (Å²) < 4.78 is -1.44. The summed E-state index contributed by atoms with van der Waals surface area (Å²) in [5.74, 6) is 0. The summed E-state index contributed by atoms with van der Waals surface area (Å²) in [6, 6.07) is 6.12. The van der Waals surface area contributed by atoms with E-state index in [0.29, 0.717) is 11.1 Å². The molecule has 1 N–H and O–H groups in total. The lowest BCUT2D eigenvalue weighted by Crippen LogP contribution is -2.07. The van der Waals surface area contributed by atoms with Gasteiger partial charge in [0.1, 0.15) is 0 Å². The predicted molar refractivity (Wildman–Crippen MR) is 60.4 cm³/mol. The molecule has 0 spiro atoms. The zero-order valence-corrected chi connectivity index (χ0v) is 9.97. The Hall–Kier alpha value is 0.160. The van der Waals surface area contributed by atoms with Gasteiger partial charge in [-0.15, -0.1) is 0 Å². The standard InChI is InChI=1S/C8H5Cl2IO2/c9-7(12)5-1-3-6(4-2-5)8(10,11)13/h1-4,13H. The number of hydrogen-bond donors (Lipinski definition) is 1. The van der Waals surface area contributed by atoms with Gasteiger partial charge in [0.2, 0.25) is 3.07 Å². The van der Waals surface area contributed by atoms with Crippen LogP contribution in [0.3, 0.4) is 0 Å². The molecule has 1 atom stereocenters. The van der Waals surface area contributed by atoms with Crippen LogP contribution in [0, 0.1) is 0 Å². The van der Waals surface area contributed by atoms with Crippen LogP contribution in [0.4, 0.5) is 0 Å². The van der Waals surface area contributed by atoms with Gasteiger partial charge in [-0.05, 0) is 46.3 Å². The van der Waals surface area contributed by atoms with E-state index in [2.05, 4.69) is 0 Å². The van der Waals surface area contributed by atoms with E-state index in [1.54, 1.807) is 34.7 Å². The van der Waals surface area contributed by atoms with E-state index in [1.165, 1.54) is 12.1 Å². The van der Waals surface area contributed by atoms with Crippen molar-refractivity contribution in [2.24, 2.45) is 0 Å². The lowest BCUT2D eigenvalue weighted by atomic mass is 10.1. The Balaban J connectivity index is 3.01. The van der Waals surface area contributed by atoms with Crippen molar-refractivity contribution in [1.82, 2.24) is 0 Å². The van der Waals surface area contributed by atoms with Crippen LogP contribution in [-0.2, 0) is 3.07 Å². The molecule has 2 nitrogen and oxygen atoms in total. The first kappa shape index (κ1) is 11.2. The Morgan fingerprint density at radius 3 is 2.15 bits per heavy atom. The highest BCUT2D eigenvalue weighted by Gasteiger charge is 2.21. The van der Waals surface area contributed by atoms with Gasteiger partial charge in [0, 0.05) is 11.1 Å². The molecule has 0 aliphatic heterocycles. The fraction of sp³-hybridized carbons (Fsp3) is 0.125. The molecule has 0 aliphatic rings. The van der Waals surface area contributed by atoms with Gasteiger partial charge in [-0.25, -0.2) is 0 Å². The first-order chi connectivity index (χ1) is 5.91. The van der Waals surface area contributed by atoms with Crippen LogP contribution in [0.5, 0.6) is 0 Å². The van der Waals surface area contributed by atoms with E-state index < -0.39 is 8.31 Å². The van der Waals surface area contributed by atoms with Crippen molar-refractivity contribution in [2.45, 2.75) is 3.07 Å². The second-order valence-corrected chi connectivity index (χ2v) is 5.48. The molecule has 0 fully saturated rings. The molecule has 0 amide bonds. The molecule has 5 heteroatoms. The van der Waals surface area contributed by atoms with Crippen molar-refractivity contribution in [1.29, 1.82) is 0 Å². The molecule has 0 bridgehead atoms. The number of carbonyl (C=O) groups is 1. The summed E-state index contributed by atoms with van der Waals surface area (Å²) in [4.78, 5) is 10.7. The number of halogens is 3. The van der Waals surface area contributed by atoms with Crippen molar-refractivity contribution in [3.8, 4) is 0 Å². The van der Waals surface area contributed by atoms with Gasteiger partial charge in [0.25, 0.3) is 5.24 Å². The molecule has 0 saturated carbocycles. The van der Waals surface area contributed by atoms with Crippen molar-refractivity contribution in [3.05, 3.63) is 35.4 Å². The molecule has 70 valence electrons. The van der Waals surface area contributed by atoms with Crippen molar-refractivity contribution in [3.63, 3.8) is 0 Å². The first-order valence-corrected chi connectivity index (χ1v) is 5.15. The monoisotopic (exact) mass is 330 g/mol. The minimum absolute atomic E-state index is 0.378. The zero-order chi connectivity index (χ0) is 10.1. The fourth-order valence-corrected chi connectivity index (χ4v) is 1.41. The Morgan fingerprint density at radius 1 is 1.38 bits per heavy atom. The summed E-state index contributed by atoms with van der Waals surface area (Å²) in [7, 11) is 0. The summed E-state index contributed by atoms with van der Waals surface area (Å²) in [5, 5.41) is 8.82. The Kier molecular flexibility index (Phi) is 3.57. The first-order valence-electron chi connectivity index (χ1n) is 3.32. The SMILES string of the molecule is O=C(Cl)c1ccc(C(O)(Cl)I)cc1. The third-order valence-corrected chi connectivity index (χ3v) is 2.52. The van der Waals surface area contributed by atoms with E-state index in [9.17, 15) is 9.90 Å². The quantitative estimate of drug-likeness (QED) is 0.514. The highest BCUT2D eigenvalue weighted by molar-refractivity contribution is 14.1. The van der Waals surface area contributed by atoms with Gasteiger partial charge in [0.05, 0.1) is 0 Å². The molecule has 1 aromatic carbocycles. The van der Waals surface area contributed by atoms with Crippen LogP contribution < -0.4 is 0 Å². The van der Waals surface area contributed by atoms with Crippen molar-refractivity contribution >= 4 is 51.0 Å². The summed E-state index contributed by atoms with van der Waals surface area (Å²) in [6.45, 7) is 0. The number of carbonyl (C=O) groups excluding carboxylic acids is 1. The smallest absolute Gasteiger partial charge is 0.252 e. The van der Waals surface area contributed by atoms with Crippen LogP contribution in [0.15, 0.2) is 24.3 Å². The number of alkyl halides is 2. The molecule has 0 aromatic heterocycles. The van der Waals surface area contributed by atoms with Crippen LogP contribution in [0.2, 0.25) is 0 Å². The molecular weight excluding hydrogens is 326 g/mol. The molecule has 0 saturated heterocycles. The largest absolute Gasteiger partial charge is 0.363 e. The molecule has 0 heterocycles. The van der Waals surface area contributed by atoms with Gasteiger partial charge in [0.15, 0.2) is 0 Å². The van der Waals surface area contributed by atoms with E-state index in [1.807, 2.05) is 0 Å². The van der Waals surface area contributed by atoms with E-state index >= 15 is 0 Å². The van der Waals surface area contributed by atoms with Crippen LogP contribution >= 0.6 is 45.8 Å². The van der Waals surface area contributed by atoms with Gasteiger partial charge in [-0.1, -0.05) is 23.7 Å². The molecule has 1 aromatic rings. The molecule has 0 radical (unpaired) electrons. The Bertz CT molecular complexity index is 316. The predicted octanol–water partition coefficient (Wildman–Crippen LogP) is 2.84. The third-order valence-electron chi connectivity index (χ3n) is 1.46. The maximum Gasteiger partial charge on any atom is 0.252 e. The minimum Gasteiger partial charge on any atom is -0.363 e. The highest BCUT2D eigenvalue weighted by atomic mass is 127. The highest BCUT2D eigenvalue weighted by Crippen LogP contribution is 2.33. The second-order valence-electron chi connectivity index (χ2n) is 2.39. The molecule has 1 unspecified atom stereocenters. The number of aliphatic hydroxyl groups is 1. The molecule has 0 aliphatic carbocycles. The van der Waals surface area contributed by atoms with Crippen LogP contribution in [0.25, 0.3) is 0 Å². The van der Waals surface area contributed by atoms with E-state index in [4.69, 9.17) is 23.2 Å².